The van der Waals surface area contributed by atoms with Crippen molar-refractivity contribution in [1.29, 1.82) is 0 Å². The van der Waals surface area contributed by atoms with E-state index in [4.69, 9.17) is 0 Å². The van der Waals surface area contributed by atoms with Crippen LogP contribution in [-0.4, -0.2) is 6.04 Å². The van der Waals surface area contributed by atoms with Crippen LogP contribution in [0, 0.1) is 5.92 Å². The van der Waals surface area contributed by atoms with Gasteiger partial charge in [-0.15, -0.1) is 0 Å². The summed E-state index contributed by atoms with van der Waals surface area (Å²) in [5.74, 6) is 0.441. The Morgan fingerprint density at radius 2 is 1.33 bits per heavy atom. The highest BCUT2D eigenvalue weighted by molar-refractivity contribution is 7.76. The molecule has 112 valence electrons. The summed E-state index contributed by atoms with van der Waals surface area (Å²) in [5, 5.41) is 5.21. The second-order valence-corrected chi connectivity index (χ2v) is 8.18. The molecule has 0 saturated heterocycles. The van der Waals surface area contributed by atoms with E-state index < -0.39 is 7.29 Å². The smallest absolute Gasteiger partial charge is 0.204 e. The Labute approximate surface area is 128 Å². The Balaban J connectivity index is 2.48. The summed E-state index contributed by atoms with van der Waals surface area (Å²) in [6, 6.07) is 19.7. The van der Waals surface area contributed by atoms with Crippen molar-refractivity contribution in [3.63, 3.8) is 0 Å². The third-order valence-corrected chi connectivity index (χ3v) is 6.58. The summed E-state index contributed by atoms with van der Waals surface area (Å²) >= 11 is 0. The minimum absolute atomic E-state index is 0.233. The maximum absolute atomic E-state index is 13.8. The molecule has 0 saturated carbocycles. The summed E-state index contributed by atoms with van der Waals surface area (Å²) < 4.78 is 13.8. The molecule has 0 aliphatic carbocycles. The zero-order valence-electron chi connectivity index (χ0n) is 13.0. The molecule has 1 N–H and O–H groups in total. The van der Waals surface area contributed by atoms with E-state index in [0.717, 1.165) is 17.0 Å². The summed E-state index contributed by atoms with van der Waals surface area (Å²) in [6.45, 7) is 6.47. The van der Waals surface area contributed by atoms with Crippen LogP contribution in [0.4, 0.5) is 0 Å². The van der Waals surface area contributed by atoms with E-state index in [-0.39, 0.29) is 6.04 Å². The third kappa shape index (κ3) is 3.64. The molecule has 2 nitrogen and oxygen atoms in total. The van der Waals surface area contributed by atoms with Crippen LogP contribution < -0.4 is 15.7 Å². The molecule has 0 radical (unpaired) electrons. The van der Waals surface area contributed by atoms with Crippen molar-refractivity contribution >= 4 is 17.9 Å². The molecule has 1 atom stereocenters. The molecular formula is C18H24NOP. The predicted octanol–water partition coefficient (Wildman–Crippen LogP) is 3.94. The normalized spacial score (nSPS) is 13.3. The van der Waals surface area contributed by atoms with Gasteiger partial charge < -0.3 is 0 Å². The second-order valence-electron chi connectivity index (χ2n) is 5.67. The third-order valence-electron chi connectivity index (χ3n) is 3.83. The molecular weight excluding hydrogens is 277 g/mol. The molecule has 2 aromatic rings. The van der Waals surface area contributed by atoms with Crippen LogP contribution in [0.5, 0.6) is 0 Å². The Bertz CT molecular complexity index is 552. The molecule has 3 heteroatoms. The first-order valence-electron chi connectivity index (χ1n) is 7.57. The van der Waals surface area contributed by atoms with Gasteiger partial charge in [0, 0.05) is 16.7 Å². The SMILES string of the molecule is CCC(NP(=O)(c1ccccc1)c1ccccc1)C(C)C. The first-order chi connectivity index (χ1) is 10.1. The van der Waals surface area contributed by atoms with Crippen LogP contribution >= 0.6 is 7.29 Å². The monoisotopic (exact) mass is 301 g/mol. The van der Waals surface area contributed by atoms with Crippen LogP contribution in [0.15, 0.2) is 60.7 Å². The van der Waals surface area contributed by atoms with E-state index in [1.54, 1.807) is 0 Å². The van der Waals surface area contributed by atoms with Crippen LogP contribution in [0.25, 0.3) is 0 Å². The molecule has 0 amide bonds. The fourth-order valence-electron chi connectivity index (χ4n) is 2.52. The fraction of sp³-hybridized carbons (Fsp3) is 0.333. The minimum atomic E-state index is -2.80. The van der Waals surface area contributed by atoms with E-state index in [0.29, 0.717) is 5.92 Å². The van der Waals surface area contributed by atoms with Gasteiger partial charge in [-0.3, -0.25) is 9.65 Å². The van der Waals surface area contributed by atoms with E-state index in [9.17, 15) is 4.57 Å². The predicted molar refractivity (Wildman–Crippen MR) is 91.8 cm³/mol. The second kappa shape index (κ2) is 7.06. The molecule has 1 unspecified atom stereocenters. The van der Waals surface area contributed by atoms with Crippen molar-refractivity contribution in [3.05, 3.63) is 60.7 Å². The lowest BCUT2D eigenvalue weighted by Gasteiger charge is -2.28. The fourth-order valence-corrected chi connectivity index (χ4v) is 5.25. The first-order valence-corrected chi connectivity index (χ1v) is 9.27. The summed E-state index contributed by atoms with van der Waals surface area (Å²) in [6.07, 6.45) is 0.960. The van der Waals surface area contributed by atoms with E-state index in [1.165, 1.54) is 0 Å². The first kappa shape index (κ1) is 16.0. The highest BCUT2D eigenvalue weighted by atomic mass is 31.2. The van der Waals surface area contributed by atoms with Gasteiger partial charge in [0.25, 0.3) is 0 Å². The Morgan fingerprint density at radius 3 is 1.67 bits per heavy atom. The van der Waals surface area contributed by atoms with Gasteiger partial charge in [-0.2, -0.15) is 0 Å². The Morgan fingerprint density at radius 1 is 0.905 bits per heavy atom. The Hall–Kier alpha value is -1.37. The van der Waals surface area contributed by atoms with Gasteiger partial charge >= 0.3 is 0 Å². The van der Waals surface area contributed by atoms with Crippen LogP contribution in [-0.2, 0) is 4.57 Å². The molecule has 0 bridgehead atoms. The molecule has 0 spiro atoms. The van der Waals surface area contributed by atoms with E-state index in [1.807, 2.05) is 60.7 Å². The average molecular weight is 301 g/mol. The van der Waals surface area contributed by atoms with Gasteiger partial charge in [-0.1, -0.05) is 57.2 Å². The number of rotatable bonds is 6. The highest BCUT2D eigenvalue weighted by Gasteiger charge is 2.30. The quantitative estimate of drug-likeness (QED) is 0.819. The minimum Gasteiger partial charge on any atom is -0.297 e. The number of nitrogens with one attached hydrogen (secondary N) is 1. The number of hydrogen-bond donors (Lipinski definition) is 1. The van der Waals surface area contributed by atoms with Crippen LogP contribution in [0.3, 0.4) is 0 Å². The van der Waals surface area contributed by atoms with Crippen molar-refractivity contribution in [3.8, 4) is 0 Å². The van der Waals surface area contributed by atoms with Gasteiger partial charge in [0.2, 0.25) is 7.29 Å². The van der Waals surface area contributed by atoms with Crippen molar-refractivity contribution in [1.82, 2.24) is 5.09 Å². The molecule has 21 heavy (non-hydrogen) atoms. The topological polar surface area (TPSA) is 29.1 Å². The zero-order valence-corrected chi connectivity index (χ0v) is 13.9. The molecule has 2 rings (SSSR count). The lowest BCUT2D eigenvalue weighted by Crippen LogP contribution is -2.37. The van der Waals surface area contributed by atoms with Gasteiger partial charge in [0.15, 0.2) is 0 Å². The standard InChI is InChI=1S/C18H24NOP/c1-4-18(15(2)3)19-21(20,16-11-7-5-8-12-16)17-13-9-6-10-14-17/h5-15,18H,4H2,1-3H3,(H,19,20). The summed E-state index contributed by atoms with van der Waals surface area (Å²) in [7, 11) is -2.80. The van der Waals surface area contributed by atoms with E-state index >= 15 is 0 Å². The molecule has 0 heterocycles. The molecule has 2 aromatic carbocycles. The van der Waals surface area contributed by atoms with Gasteiger partial charge in [-0.25, -0.2) is 0 Å². The van der Waals surface area contributed by atoms with Crippen molar-refractivity contribution in [2.75, 3.05) is 0 Å². The molecule has 0 aromatic heterocycles. The maximum atomic E-state index is 13.8. The van der Waals surface area contributed by atoms with Crippen molar-refractivity contribution in [2.24, 2.45) is 5.92 Å². The van der Waals surface area contributed by atoms with Crippen LogP contribution in [0.2, 0.25) is 0 Å². The molecule has 0 aliphatic heterocycles. The number of benzene rings is 2. The zero-order chi connectivity index (χ0) is 15.3. The lowest BCUT2D eigenvalue weighted by molar-refractivity contribution is 0.441. The largest absolute Gasteiger partial charge is 0.297 e. The Kier molecular flexibility index (Phi) is 5.39. The van der Waals surface area contributed by atoms with Crippen molar-refractivity contribution in [2.45, 2.75) is 33.2 Å². The van der Waals surface area contributed by atoms with Gasteiger partial charge in [0.05, 0.1) is 0 Å². The van der Waals surface area contributed by atoms with Gasteiger partial charge in [0.1, 0.15) is 0 Å². The lowest BCUT2D eigenvalue weighted by atomic mass is 10.0. The number of hydrogen-bond acceptors (Lipinski definition) is 1. The average Bonchev–Trinajstić information content (AvgIpc) is 2.53. The summed E-state index contributed by atoms with van der Waals surface area (Å²) in [4.78, 5) is 0. The molecule has 0 aliphatic rings. The summed E-state index contributed by atoms with van der Waals surface area (Å²) in [5.41, 5.74) is 0. The maximum Gasteiger partial charge on any atom is 0.204 e. The van der Waals surface area contributed by atoms with Crippen LogP contribution in [0.1, 0.15) is 27.2 Å². The van der Waals surface area contributed by atoms with Crippen molar-refractivity contribution < 1.29 is 4.57 Å². The molecule has 0 fully saturated rings. The van der Waals surface area contributed by atoms with Gasteiger partial charge in [-0.05, 0) is 36.6 Å². The highest BCUT2D eigenvalue weighted by Crippen LogP contribution is 2.40. The van der Waals surface area contributed by atoms with E-state index in [2.05, 4.69) is 25.9 Å².